The average Bonchev–Trinajstić information content (AvgIpc) is 2.79. The van der Waals surface area contributed by atoms with Gasteiger partial charge >= 0.3 is 0 Å². The minimum absolute atomic E-state index is 0.110. The lowest BCUT2D eigenvalue weighted by Gasteiger charge is -2.40. The molecule has 0 bridgehead atoms. The van der Waals surface area contributed by atoms with E-state index in [-0.39, 0.29) is 5.54 Å². The maximum absolute atomic E-state index is 11.3. The van der Waals surface area contributed by atoms with Gasteiger partial charge in [0.05, 0.1) is 5.88 Å². The Morgan fingerprint density at radius 1 is 1.41 bits per heavy atom. The Bertz CT molecular complexity index is 383. The van der Waals surface area contributed by atoms with Gasteiger partial charge in [-0.25, -0.2) is 0 Å². The lowest BCUT2D eigenvalue weighted by Crippen LogP contribution is -2.47. The maximum Gasteiger partial charge on any atom is 0.216 e. The van der Waals surface area contributed by atoms with Crippen LogP contribution in [0.2, 0.25) is 0 Å². The molecular formula is C13H18ClNO2. The molecule has 0 unspecified atom stereocenters. The quantitative estimate of drug-likeness (QED) is 0.607. The van der Waals surface area contributed by atoms with Crippen molar-refractivity contribution < 1.29 is 9.21 Å². The summed E-state index contributed by atoms with van der Waals surface area (Å²) < 4.78 is 5.57. The fourth-order valence-electron chi connectivity index (χ4n) is 2.57. The molecule has 1 aromatic rings. The zero-order valence-electron chi connectivity index (χ0n) is 10.1. The Balaban J connectivity index is 2.22. The largest absolute Gasteiger partial charge is 0.444 e. The Labute approximate surface area is 107 Å². The first-order valence-corrected chi connectivity index (χ1v) is 6.62. The van der Waals surface area contributed by atoms with Gasteiger partial charge in [0, 0.05) is 11.6 Å². The lowest BCUT2D eigenvalue weighted by atomic mass is 9.82. The number of furan rings is 1. The Morgan fingerprint density at radius 3 is 2.65 bits per heavy atom. The smallest absolute Gasteiger partial charge is 0.216 e. The number of carbonyl (C=O) groups excluding carboxylic acids is 1. The van der Waals surface area contributed by atoms with Gasteiger partial charge in [0.25, 0.3) is 0 Å². The first kappa shape index (κ1) is 12.5. The van der Waals surface area contributed by atoms with Gasteiger partial charge in [-0.3, -0.25) is 9.69 Å². The number of hydrogen-bond acceptors (Lipinski definition) is 2. The predicted octanol–water partition coefficient (Wildman–Crippen LogP) is 3.70. The van der Waals surface area contributed by atoms with Crippen LogP contribution in [0, 0.1) is 0 Å². The molecule has 4 heteroatoms. The number of hydrogen-bond donors (Lipinski definition) is 0. The molecule has 2 rings (SSSR count). The van der Waals surface area contributed by atoms with Gasteiger partial charge in [-0.1, -0.05) is 19.3 Å². The van der Waals surface area contributed by atoms with E-state index < -0.39 is 0 Å². The van der Waals surface area contributed by atoms with Gasteiger partial charge in [0.1, 0.15) is 5.76 Å². The monoisotopic (exact) mass is 255 g/mol. The van der Waals surface area contributed by atoms with E-state index in [4.69, 9.17) is 16.0 Å². The third-order valence-corrected chi connectivity index (χ3v) is 3.90. The highest BCUT2D eigenvalue weighted by Crippen LogP contribution is 2.36. The molecule has 0 spiro atoms. The molecule has 17 heavy (non-hydrogen) atoms. The molecule has 1 aliphatic carbocycles. The minimum atomic E-state index is -0.110. The summed E-state index contributed by atoms with van der Waals surface area (Å²) in [7, 11) is 0. The third kappa shape index (κ3) is 2.49. The number of alkyl halides is 1. The van der Waals surface area contributed by atoms with E-state index >= 15 is 0 Å². The molecule has 0 N–H and O–H groups in total. The molecule has 1 heterocycles. The summed E-state index contributed by atoms with van der Waals surface area (Å²) in [5.41, 5.74) is -0.110. The van der Waals surface area contributed by atoms with Crippen molar-refractivity contribution in [3.63, 3.8) is 0 Å². The van der Waals surface area contributed by atoms with Crippen LogP contribution in [0.3, 0.4) is 0 Å². The topological polar surface area (TPSA) is 33.5 Å². The molecule has 1 fully saturated rings. The van der Waals surface area contributed by atoms with Crippen LogP contribution in [-0.4, -0.2) is 11.9 Å². The van der Waals surface area contributed by atoms with Crippen molar-refractivity contribution >= 4 is 23.9 Å². The number of halogens is 1. The van der Waals surface area contributed by atoms with E-state index in [1.165, 1.54) is 19.3 Å². The van der Waals surface area contributed by atoms with E-state index in [1.54, 1.807) is 4.90 Å². The van der Waals surface area contributed by atoms with Gasteiger partial charge in [0.2, 0.25) is 12.3 Å². The van der Waals surface area contributed by atoms with Crippen molar-refractivity contribution in [2.45, 2.75) is 50.4 Å². The fourth-order valence-corrected chi connectivity index (χ4v) is 2.71. The summed E-state index contributed by atoms with van der Waals surface area (Å²) in [5.74, 6) is 1.65. The van der Waals surface area contributed by atoms with Gasteiger partial charge in [-0.15, -0.1) is 11.6 Å². The number of carbonyl (C=O) groups is 1. The molecule has 0 aromatic carbocycles. The second-order valence-corrected chi connectivity index (χ2v) is 5.17. The lowest BCUT2D eigenvalue weighted by molar-refractivity contribution is -0.108. The first-order chi connectivity index (χ1) is 8.19. The third-order valence-electron chi connectivity index (χ3n) is 3.63. The van der Waals surface area contributed by atoms with Crippen LogP contribution in [0.4, 0.5) is 5.88 Å². The second kappa shape index (κ2) is 5.13. The van der Waals surface area contributed by atoms with Crippen molar-refractivity contribution in [1.29, 1.82) is 0 Å². The van der Waals surface area contributed by atoms with Crippen LogP contribution in [0.1, 0.15) is 44.8 Å². The molecule has 0 aliphatic heterocycles. The van der Waals surface area contributed by atoms with Crippen molar-refractivity contribution in [2.24, 2.45) is 0 Å². The molecule has 1 saturated carbocycles. The zero-order valence-corrected chi connectivity index (χ0v) is 10.9. The molecular weight excluding hydrogens is 238 g/mol. The molecule has 94 valence electrons. The normalized spacial score (nSPS) is 18.9. The first-order valence-electron chi connectivity index (χ1n) is 6.09. The van der Waals surface area contributed by atoms with Crippen LogP contribution in [0.5, 0.6) is 0 Å². The number of rotatable bonds is 4. The van der Waals surface area contributed by atoms with Crippen LogP contribution < -0.4 is 4.90 Å². The van der Waals surface area contributed by atoms with E-state index in [1.807, 2.05) is 12.1 Å². The minimum Gasteiger partial charge on any atom is -0.444 e. The summed E-state index contributed by atoms with van der Waals surface area (Å²) in [4.78, 5) is 13.1. The van der Waals surface area contributed by atoms with E-state index in [9.17, 15) is 4.79 Å². The van der Waals surface area contributed by atoms with Crippen molar-refractivity contribution in [3.05, 3.63) is 17.9 Å². The molecule has 1 aromatic heterocycles. The highest BCUT2D eigenvalue weighted by Gasteiger charge is 2.35. The van der Waals surface area contributed by atoms with E-state index in [2.05, 4.69) is 6.92 Å². The van der Waals surface area contributed by atoms with Gasteiger partial charge in [-0.2, -0.15) is 0 Å². The van der Waals surface area contributed by atoms with Gasteiger partial charge < -0.3 is 4.42 Å². The van der Waals surface area contributed by atoms with Crippen LogP contribution in [0.25, 0.3) is 0 Å². The van der Waals surface area contributed by atoms with Crippen molar-refractivity contribution in [3.8, 4) is 0 Å². The van der Waals surface area contributed by atoms with Crippen molar-refractivity contribution in [1.82, 2.24) is 0 Å². The highest BCUT2D eigenvalue weighted by atomic mass is 35.5. The number of nitrogens with zero attached hydrogens (tertiary/aromatic N) is 1. The summed E-state index contributed by atoms with van der Waals surface area (Å²) in [6.45, 7) is 2.13. The second-order valence-electron chi connectivity index (χ2n) is 4.91. The van der Waals surface area contributed by atoms with Crippen molar-refractivity contribution in [2.75, 3.05) is 4.90 Å². The zero-order chi connectivity index (χ0) is 12.3. The van der Waals surface area contributed by atoms with E-state index in [0.717, 1.165) is 19.3 Å². The molecule has 0 saturated heterocycles. The number of amides is 1. The Morgan fingerprint density at radius 2 is 2.12 bits per heavy atom. The summed E-state index contributed by atoms with van der Waals surface area (Å²) >= 11 is 5.71. The standard InChI is InChI=1S/C13H18ClNO2/c1-13(7-3-2-4-8-13)15(10-16)12-6-5-11(9-14)17-12/h5-6,10H,2-4,7-9H2,1H3. The Hall–Kier alpha value is -0.960. The summed E-state index contributed by atoms with van der Waals surface area (Å²) in [6.07, 6.45) is 6.54. The van der Waals surface area contributed by atoms with Crippen LogP contribution >= 0.6 is 11.6 Å². The SMILES string of the molecule is CC1(N(C=O)c2ccc(CCl)o2)CCCCC1. The molecule has 1 aliphatic rings. The maximum atomic E-state index is 11.3. The predicted molar refractivity (Wildman–Crippen MR) is 68.3 cm³/mol. The summed E-state index contributed by atoms with van der Waals surface area (Å²) in [6, 6.07) is 3.65. The van der Waals surface area contributed by atoms with E-state index in [0.29, 0.717) is 17.5 Å². The fraction of sp³-hybridized carbons (Fsp3) is 0.615. The van der Waals surface area contributed by atoms with Gasteiger partial charge in [0.15, 0.2) is 0 Å². The van der Waals surface area contributed by atoms with Gasteiger partial charge in [-0.05, 0) is 25.8 Å². The van der Waals surface area contributed by atoms with Crippen LogP contribution in [0.15, 0.2) is 16.5 Å². The summed E-state index contributed by atoms with van der Waals surface area (Å²) in [5, 5.41) is 0. The molecule has 0 atom stereocenters. The Kier molecular flexibility index (Phi) is 3.77. The molecule has 3 nitrogen and oxygen atoms in total. The highest BCUT2D eigenvalue weighted by molar-refractivity contribution is 6.16. The molecule has 1 amide bonds. The number of anilines is 1. The molecule has 0 radical (unpaired) electrons. The average molecular weight is 256 g/mol. The van der Waals surface area contributed by atoms with Crippen LogP contribution in [-0.2, 0) is 10.7 Å².